The fraction of sp³-hybridized carbons (Fsp3) is 0.182. The van der Waals surface area contributed by atoms with E-state index in [-0.39, 0.29) is 5.82 Å². The maximum atomic E-state index is 13.1. The number of aliphatic hydroxyl groups is 1. The number of thiazole rings is 1. The van der Waals surface area contributed by atoms with E-state index in [4.69, 9.17) is 0 Å². The van der Waals surface area contributed by atoms with Gasteiger partial charge in [-0.25, -0.2) is 9.37 Å². The summed E-state index contributed by atoms with van der Waals surface area (Å²) in [4.78, 5) is 4.08. The van der Waals surface area contributed by atoms with E-state index in [1.807, 2.05) is 5.38 Å². The topological polar surface area (TPSA) is 33.1 Å². The Morgan fingerprint density at radius 1 is 1.44 bits per heavy atom. The maximum Gasteiger partial charge on any atom is 0.124 e. The summed E-state index contributed by atoms with van der Waals surface area (Å²) >= 11 is 4.67. The number of aromatic nitrogens is 1. The minimum absolute atomic E-state index is 0.359. The highest BCUT2D eigenvalue weighted by molar-refractivity contribution is 9.10. The van der Waals surface area contributed by atoms with E-state index in [1.54, 1.807) is 12.3 Å². The van der Waals surface area contributed by atoms with E-state index < -0.39 is 6.10 Å². The van der Waals surface area contributed by atoms with Crippen LogP contribution in [0, 0.1) is 5.82 Å². The predicted octanol–water partition coefficient (Wildman–Crippen LogP) is 3.32. The van der Waals surface area contributed by atoms with Crippen LogP contribution in [0.15, 0.2) is 34.2 Å². The summed E-state index contributed by atoms with van der Waals surface area (Å²) in [7, 11) is 0. The van der Waals surface area contributed by atoms with E-state index in [2.05, 4.69) is 20.9 Å². The Labute approximate surface area is 105 Å². The van der Waals surface area contributed by atoms with Crippen LogP contribution < -0.4 is 0 Å². The van der Waals surface area contributed by atoms with Crippen LogP contribution in [0.2, 0.25) is 0 Å². The molecular weight excluding hydrogens is 293 g/mol. The van der Waals surface area contributed by atoms with Gasteiger partial charge in [0.25, 0.3) is 0 Å². The number of rotatable bonds is 3. The number of benzene rings is 1. The summed E-state index contributed by atoms with van der Waals surface area (Å²) in [5.74, 6) is -0.359. The summed E-state index contributed by atoms with van der Waals surface area (Å²) < 4.78 is 13.7. The van der Waals surface area contributed by atoms with Crippen molar-refractivity contribution in [2.75, 3.05) is 0 Å². The molecule has 0 aliphatic carbocycles. The summed E-state index contributed by atoms with van der Waals surface area (Å²) in [5.41, 5.74) is 0.557. The molecule has 0 amide bonds. The average Bonchev–Trinajstić information content (AvgIpc) is 2.68. The first kappa shape index (κ1) is 11.7. The second kappa shape index (κ2) is 5.03. The Kier molecular flexibility index (Phi) is 3.68. The van der Waals surface area contributed by atoms with Crippen LogP contribution >= 0.6 is 27.3 Å². The van der Waals surface area contributed by atoms with Crippen LogP contribution in [-0.2, 0) is 6.42 Å². The van der Waals surface area contributed by atoms with Crippen LogP contribution in [-0.4, -0.2) is 10.1 Å². The second-order valence-electron chi connectivity index (χ2n) is 3.35. The lowest BCUT2D eigenvalue weighted by Gasteiger charge is -2.09. The smallest absolute Gasteiger partial charge is 0.124 e. The molecule has 0 radical (unpaired) electrons. The van der Waals surface area contributed by atoms with Crippen molar-refractivity contribution in [3.63, 3.8) is 0 Å². The molecule has 0 aliphatic heterocycles. The molecule has 0 fully saturated rings. The normalized spacial score (nSPS) is 12.7. The van der Waals surface area contributed by atoms with Crippen LogP contribution in [0.4, 0.5) is 4.39 Å². The van der Waals surface area contributed by atoms with Gasteiger partial charge in [-0.2, -0.15) is 0 Å². The number of hydrogen-bond acceptors (Lipinski definition) is 3. The molecule has 0 spiro atoms. The van der Waals surface area contributed by atoms with Crippen molar-refractivity contribution in [1.82, 2.24) is 4.98 Å². The lowest BCUT2D eigenvalue weighted by atomic mass is 10.1. The number of hydrogen-bond donors (Lipinski definition) is 1. The lowest BCUT2D eigenvalue weighted by molar-refractivity contribution is 0.178. The molecule has 1 heterocycles. The maximum absolute atomic E-state index is 13.1. The highest BCUT2D eigenvalue weighted by atomic mass is 79.9. The third-order valence-corrected chi connectivity index (χ3v) is 3.38. The molecule has 1 aromatic heterocycles. The first-order chi connectivity index (χ1) is 7.65. The fourth-order valence-corrected chi connectivity index (χ4v) is 2.54. The van der Waals surface area contributed by atoms with Crippen molar-refractivity contribution in [1.29, 1.82) is 0 Å². The van der Waals surface area contributed by atoms with Crippen molar-refractivity contribution in [3.05, 3.63) is 50.6 Å². The van der Waals surface area contributed by atoms with Gasteiger partial charge in [0.2, 0.25) is 0 Å². The molecule has 2 rings (SSSR count). The number of aliphatic hydroxyl groups excluding tert-OH is 1. The van der Waals surface area contributed by atoms with Gasteiger partial charge in [-0.15, -0.1) is 11.3 Å². The zero-order valence-corrected chi connectivity index (χ0v) is 10.6. The van der Waals surface area contributed by atoms with Gasteiger partial charge in [0.1, 0.15) is 5.82 Å². The molecule has 0 saturated heterocycles. The molecule has 1 N–H and O–H groups in total. The van der Waals surface area contributed by atoms with Gasteiger partial charge in [0, 0.05) is 22.5 Å². The third kappa shape index (κ3) is 2.87. The largest absolute Gasteiger partial charge is 0.388 e. The Morgan fingerprint density at radius 2 is 2.25 bits per heavy atom. The molecule has 2 aromatic rings. The molecule has 5 heteroatoms. The van der Waals surface area contributed by atoms with Gasteiger partial charge in [-0.1, -0.05) is 15.9 Å². The Hall–Kier alpha value is -0.780. The van der Waals surface area contributed by atoms with Gasteiger partial charge in [-0.05, 0) is 23.8 Å². The highest BCUT2D eigenvalue weighted by Gasteiger charge is 2.11. The van der Waals surface area contributed by atoms with Crippen LogP contribution in [0.3, 0.4) is 0 Å². The Bertz CT molecular complexity index is 455. The zero-order valence-electron chi connectivity index (χ0n) is 8.23. The van der Waals surface area contributed by atoms with E-state index in [0.29, 0.717) is 16.5 Å². The minimum Gasteiger partial charge on any atom is -0.388 e. The minimum atomic E-state index is -0.724. The molecule has 0 saturated carbocycles. The molecule has 1 unspecified atom stereocenters. The second-order valence-corrected chi connectivity index (χ2v) is 5.24. The fourth-order valence-electron chi connectivity index (χ4n) is 1.40. The van der Waals surface area contributed by atoms with Gasteiger partial charge < -0.3 is 5.11 Å². The van der Waals surface area contributed by atoms with Gasteiger partial charge in [0.15, 0.2) is 0 Å². The number of halogens is 2. The van der Waals surface area contributed by atoms with E-state index in [1.165, 1.54) is 23.5 Å². The van der Waals surface area contributed by atoms with Crippen molar-refractivity contribution in [3.8, 4) is 0 Å². The summed E-state index contributed by atoms with van der Waals surface area (Å²) in [6.07, 6.45) is 1.38. The van der Waals surface area contributed by atoms with Crippen LogP contribution in [0.25, 0.3) is 0 Å². The molecule has 0 aliphatic rings. The van der Waals surface area contributed by atoms with E-state index >= 15 is 0 Å². The summed E-state index contributed by atoms with van der Waals surface area (Å²) in [6.45, 7) is 0. The molecule has 1 atom stereocenters. The molecule has 84 valence electrons. The molecular formula is C11H9BrFNOS. The monoisotopic (exact) mass is 301 g/mol. The molecule has 1 aromatic carbocycles. The average molecular weight is 302 g/mol. The van der Waals surface area contributed by atoms with Gasteiger partial charge >= 0.3 is 0 Å². The van der Waals surface area contributed by atoms with E-state index in [9.17, 15) is 9.50 Å². The standard InChI is InChI=1S/C11H9BrFNOS/c12-8-3-7(4-9(13)5-8)10(15)6-11-14-1-2-16-11/h1-5,10,15H,6H2. The van der Waals surface area contributed by atoms with Crippen molar-refractivity contribution < 1.29 is 9.50 Å². The number of nitrogens with zero attached hydrogens (tertiary/aromatic N) is 1. The van der Waals surface area contributed by atoms with E-state index in [0.717, 1.165) is 5.01 Å². The zero-order chi connectivity index (χ0) is 11.5. The Morgan fingerprint density at radius 3 is 2.88 bits per heavy atom. The first-order valence-corrected chi connectivity index (χ1v) is 6.35. The molecule has 2 nitrogen and oxygen atoms in total. The van der Waals surface area contributed by atoms with Crippen molar-refractivity contribution in [2.45, 2.75) is 12.5 Å². The molecule has 16 heavy (non-hydrogen) atoms. The Balaban J connectivity index is 2.17. The van der Waals surface area contributed by atoms with Gasteiger partial charge in [-0.3, -0.25) is 0 Å². The summed E-state index contributed by atoms with van der Waals surface area (Å²) in [5, 5.41) is 12.6. The quantitative estimate of drug-likeness (QED) is 0.943. The van der Waals surface area contributed by atoms with Crippen molar-refractivity contribution in [2.24, 2.45) is 0 Å². The predicted molar refractivity (Wildman–Crippen MR) is 64.9 cm³/mol. The van der Waals surface area contributed by atoms with Crippen LogP contribution in [0.5, 0.6) is 0 Å². The SMILES string of the molecule is OC(Cc1nccs1)c1cc(F)cc(Br)c1. The van der Waals surface area contributed by atoms with Gasteiger partial charge in [0.05, 0.1) is 11.1 Å². The lowest BCUT2D eigenvalue weighted by Crippen LogP contribution is -2.02. The first-order valence-electron chi connectivity index (χ1n) is 4.67. The third-order valence-electron chi connectivity index (χ3n) is 2.12. The summed E-state index contributed by atoms with van der Waals surface area (Å²) in [6, 6.07) is 4.41. The van der Waals surface area contributed by atoms with Crippen LogP contribution in [0.1, 0.15) is 16.7 Å². The highest BCUT2D eigenvalue weighted by Crippen LogP contribution is 2.23. The molecule has 0 bridgehead atoms. The van der Waals surface area contributed by atoms with Crippen molar-refractivity contribution >= 4 is 27.3 Å².